The van der Waals surface area contributed by atoms with Gasteiger partial charge >= 0.3 is 0 Å². The number of rotatable bonds is 3. The Morgan fingerprint density at radius 3 is 0.857 bits per heavy atom. The van der Waals surface area contributed by atoms with Gasteiger partial charge < -0.3 is 5.48 Å². The van der Waals surface area contributed by atoms with E-state index in [0.29, 0.717) is 0 Å². The molecule has 3 heteroatoms. The summed E-state index contributed by atoms with van der Waals surface area (Å²) in [5.74, 6) is 0. The number of hydrogen-bond donors (Lipinski definition) is 0. The van der Waals surface area contributed by atoms with Crippen molar-refractivity contribution in [3.8, 4) is 0 Å². The van der Waals surface area contributed by atoms with E-state index in [4.69, 9.17) is 0 Å². The van der Waals surface area contributed by atoms with E-state index >= 15 is 0 Å². The first-order chi connectivity index (χ1) is 5.88. The van der Waals surface area contributed by atoms with Crippen LogP contribution in [0.3, 0.4) is 0 Å². The van der Waals surface area contributed by atoms with Crippen molar-refractivity contribution in [2.45, 2.75) is 58.2 Å². The van der Waals surface area contributed by atoms with E-state index in [1.807, 2.05) is 12.5 Å². The molecule has 14 heavy (non-hydrogen) atoms. The second-order valence-corrected chi connectivity index (χ2v) is 10.7. The molecule has 0 amide bonds. The lowest BCUT2D eigenvalue weighted by Gasteiger charge is -2.26. The Balaban J connectivity index is -0.000000267. The minimum absolute atomic E-state index is 0. The van der Waals surface area contributed by atoms with Crippen molar-refractivity contribution in [1.29, 1.82) is 0 Å². The van der Waals surface area contributed by atoms with Gasteiger partial charge in [-0.25, -0.2) is 0 Å². The smallest absolute Gasteiger partial charge is 0.0445 e. The highest BCUT2D eigenvalue weighted by Crippen LogP contribution is 2.28. The lowest BCUT2D eigenvalue weighted by atomic mass is 10.5. The normalized spacial score (nSPS) is 10.3. The van der Waals surface area contributed by atoms with Crippen LogP contribution < -0.4 is 0 Å². The molecule has 2 N–H and O–H groups in total. The standard InChI is InChI=1S/C9H22Si.C2H6S.H2O/c1-7(2)10(8(3)4)9(5)6;1-3-2;/h7-10H,1-6H3;1-2H3;1H2. The summed E-state index contributed by atoms with van der Waals surface area (Å²) in [6, 6.07) is 0. The summed E-state index contributed by atoms with van der Waals surface area (Å²) in [4.78, 5) is 0. The van der Waals surface area contributed by atoms with Gasteiger partial charge in [0.25, 0.3) is 0 Å². The summed E-state index contributed by atoms with van der Waals surface area (Å²) in [6.07, 6.45) is 4.08. The van der Waals surface area contributed by atoms with E-state index in [9.17, 15) is 0 Å². The first kappa shape index (κ1) is 20.0. The number of hydrogen-bond acceptors (Lipinski definition) is 1. The minimum Gasteiger partial charge on any atom is -0.412 e. The van der Waals surface area contributed by atoms with E-state index in [-0.39, 0.29) is 5.48 Å². The molecule has 0 saturated heterocycles. The maximum absolute atomic E-state index is 2.39. The summed E-state index contributed by atoms with van der Waals surface area (Å²) >= 11 is 1.75. The Morgan fingerprint density at radius 2 is 0.857 bits per heavy atom. The Hall–Kier alpha value is 0.527. The molecule has 0 unspecified atom stereocenters. The van der Waals surface area contributed by atoms with Gasteiger partial charge in [0.1, 0.15) is 0 Å². The first-order valence-electron chi connectivity index (χ1n) is 5.28. The second kappa shape index (κ2) is 11.6. The molecule has 0 aliphatic rings. The van der Waals surface area contributed by atoms with E-state index < -0.39 is 8.80 Å². The molecule has 90 valence electrons. The molecule has 0 aromatic heterocycles. The fourth-order valence-corrected chi connectivity index (χ4v) is 6.93. The molecule has 1 nitrogen and oxygen atoms in total. The van der Waals surface area contributed by atoms with Crippen LogP contribution >= 0.6 is 11.8 Å². The highest BCUT2D eigenvalue weighted by atomic mass is 32.2. The molecule has 0 spiro atoms. The molecule has 0 atom stereocenters. The molecule has 0 bridgehead atoms. The predicted molar refractivity (Wildman–Crippen MR) is 75.5 cm³/mol. The summed E-state index contributed by atoms with van der Waals surface area (Å²) in [7, 11) is -0.454. The van der Waals surface area contributed by atoms with Crippen LogP contribution in [0.5, 0.6) is 0 Å². The third-order valence-electron chi connectivity index (χ3n) is 2.31. The van der Waals surface area contributed by atoms with E-state index in [1.54, 1.807) is 11.8 Å². The second-order valence-electron chi connectivity index (χ2n) is 4.72. The lowest BCUT2D eigenvalue weighted by Crippen LogP contribution is -2.24. The van der Waals surface area contributed by atoms with Crippen molar-refractivity contribution in [2.24, 2.45) is 0 Å². The summed E-state index contributed by atoms with van der Waals surface area (Å²) in [6.45, 7) is 14.3. The first-order valence-corrected chi connectivity index (χ1v) is 8.91. The molecule has 0 aliphatic heterocycles. The largest absolute Gasteiger partial charge is 0.412 e. The van der Waals surface area contributed by atoms with Gasteiger partial charge in [-0.2, -0.15) is 11.8 Å². The van der Waals surface area contributed by atoms with Crippen LogP contribution in [0.25, 0.3) is 0 Å². The molecular formula is C11H30OSSi. The topological polar surface area (TPSA) is 31.5 Å². The Labute approximate surface area is 97.0 Å². The van der Waals surface area contributed by atoms with Crippen molar-refractivity contribution in [1.82, 2.24) is 0 Å². The maximum atomic E-state index is 2.39. The summed E-state index contributed by atoms with van der Waals surface area (Å²) < 4.78 is 0. The maximum Gasteiger partial charge on any atom is 0.0445 e. The molecule has 0 aromatic carbocycles. The fourth-order valence-electron chi connectivity index (χ4n) is 2.31. The van der Waals surface area contributed by atoms with Crippen LogP contribution in [0.1, 0.15) is 41.5 Å². The Morgan fingerprint density at radius 1 is 0.714 bits per heavy atom. The van der Waals surface area contributed by atoms with Gasteiger partial charge in [0.2, 0.25) is 0 Å². The molecule has 0 radical (unpaired) electrons. The van der Waals surface area contributed by atoms with Crippen molar-refractivity contribution < 1.29 is 5.48 Å². The summed E-state index contributed by atoms with van der Waals surface area (Å²) in [5, 5.41) is 0. The van der Waals surface area contributed by atoms with Gasteiger partial charge in [-0.05, 0) is 12.5 Å². The molecule has 0 heterocycles. The molecule has 0 rings (SSSR count). The van der Waals surface area contributed by atoms with Crippen LogP contribution in [0.2, 0.25) is 16.6 Å². The zero-order valence-electron chi connectivity index (χ0n) is 11.2. The van der Waals surface area contributed by atoms with Crippen LogP contribution in [0, 0.1) is 0 Å². The third-order valence-corrected chi connectivity index (χ3v) is 6.93. The van der Waals surface area contributed by atoms with Crippen LogP contribution in [-0.2, 0) is 0 Å². The SMILES string of the molecule is CC(C)[SiH](C(C)C)C(C)C.CSC.O. The van der Waals surface area contributed by atoms with Crippen molar-refractivity contribution in [2.75, 3.05) is 12.5 Å². The van der Waals surface area contributed by atoms with Crippen LogP contribution in [0.15, 0.2) is 0 Å². The number of thioether (sulfide) groups is 1. The summed E-state index contributed by atoms with van der Waals surface area (Å²) in [5.41, 5.74) is 2.92. The molecular weight excluding hydrogens is 208 g/mol. The molecule has 0 aromatic rings. The van der Waals surface area contributed by atoms with Crippen molar-refractivity contribution >= 4 is 20.6 Å². The fraction of sp³-hybridized carbons (Fsp3) is 1.00. The van der Waals surface area contributed by atoms with Gasteiger partial charge in [-0.1, -0.05) is 58.2 Å². The van der Waals surface area contributed by atoms with Crippen molar-refractivity contribution in [3.63, 3.8) is 0 Å². The average Bonchev–Trinajstić information content (AvgIpc) is 1.84. The van der Waals surface area contributed by atoms with Gasteiger partial charge in [0.05, 0.1) is 0 Å². The Kier molecular flexibility index (Phi) is 16.6. The van der Waals surface area contributed by atoms with Gasteiger partial charge in [0.15, 0.2) is 0 Å². The minimum atomic E-state index is -0.454. The van der Waals surface area contributed by atoms with E-state index in [1.165, 1.54) is 0 Å². The quantitative estimate of drug-likeness (QED) is 0.691. The lowest BCUT2D eigenvalue weighted by molar-refractivity contribution is 0.824. The third kappa shape index (κ3) is 10.6. The average molecular weight is 239 g/mol. The van der Waals surface area contributed by atoms with E-state index in [2.05, 4.69) is 41.5 Å². The van der Waals surface area contributed by atoms with Crippen LogP contribution in [-0.4, -0.2) is 26.8 Å². The van der Waals surface area contributed by atoms with Crippen molar-refractivity contribution in [3.05, 3.63) is 0 Å². The van der Waals surface area contributed by atoms with E-state index in [0.717, 1.165) is 16.6 Å². The predicted octanol–water partition coefficient (Wildman–Crippen LogP) is 3.60. The van der Waals surface area contributed by atoms with Gasteiger partial charge in [-0.15, -0.1) is 0 Å². The Bertz CT molecular complexity index is 86.4. The zero-order chi connectivity index (χ0) is 11.0. The van der Waals surface area contributed by atoms with Crippen LogP contribution in [0.4, 0.5) is 0 Å². The monoisotopic (exact) mass is 238 g/mol. The highest BCUT2D eigenvalue weighted by Gasteiger charge is 2.22. The van der Waals surface area contributed by atoms with Gasteiger partial charge in [0, 0.05) is 8.80 Å². The molecule has 0 saturated carbocycles. The molecule has 0 fully saturated rings. The zero-order valence-corrected chi connectivity index (χ0v) is 13.2. The highest BCUT2D eigenvalue weighted by molar-refractivity contribution is 7.97. The van der Waals surface area contributed by atoms with Gasteiger partial charge in [-0.3, -0.25) is 0 Å². The molecule has 0 aliphatic carbocycles.